The number of thiol groups is 1. The first-order valence-corrected chi connectivity index (χ1v) is 5.18. The Labute approximate surface area is 79.5 Å². The second kappa shape index (κ2) is 9.87. The standard InChI is InChI=1S/C6H16N2O4S/c7-1-3-11-5-6-12-4-2-8-13(9)10/h13H,1-7H2,(H,8,9,10). The Kier molecular flexibility index (Phi) is 9.72. The van der Waals surface area contributed by atoms with Gasteiger partial charge in [0.25, 0.3) is 0 Å². The Morgan fingerprint density at radius 2 is 1.69 bits per heavy atom. The van der Waals surface area contributed by atoms with Crippen LogP contribution in [0.4, 0.5) is 0 Å². The largest absolute Gasteiger partial charge is 0.378 e. The van der Waals surface area contributed by atoms with Gasteiger partial charge in [-0.2, -0.15) is 0 Å². The lowest BCUT2D eigenvalue weighted by atomic mass is 10.7. The summed E-state index contributed by atoms with van der Waals surface area (Å²) in [6, 6.07) is 0. The topological polar surface area (TPSA) is 90.7 Å². The fourth-order valence-electron chi connectivity index (χ4n) is 0.614. The lowest BCUT2D eigenvalue weighted by Crippen LogP contribution is -2.19. The van der Waals surface area contributed by atoms with Gasteiger partial charge < -0.3 is 15.2 Å². The molecule has 0 saturated carbocycles. The van der Waals surface area contributed by atoms with Crippen molar-refractivity contribution in [3.05, 3.63) is 0 Å². The molecule has 13 heavy (non-hydrogen) atoms. The van der Waals surface area contributed by atoms with Crippen molar-refractivity contribution in [2.45, 2.75) is 0 Å². The van der Waals surface area contributed by atoms with Gasteiger partial charge in [-0.25, -0.2) is 13.1 Å². The molecule has 0 aromatic heterocycles. The molecule has 0 bridgehead atoms. The minimum absolute atomic E-state index is 0.301. The predicted octanol–water partition coefficient (Wildman–Crippen LogP) is -1.91. The number of rotatable bonds is 9. The zero-order chi connectivity index (χ0) is 9.94. The molecular formula is C6H16N2O4S. The molecule has 0 fully saturated rings. The van der Waals surface area contributed by atoms with Crippen LogP contribution in [0.1, 0.15) is 0 Å². The number of nitrogens with two attached hydrogens (primary N) is 1. The lowest BCUT2D eigenvalue weighted by Gasteiger charge is -2.03. The van der Waals surface area contributed by atoms with Crippen LogP contribution in [-0.4, -0.2) is 47.9 Å². The average molecular weight is 212 g/mol. The molecule has 0 aromatic rings. The van der Waals surface area contributed by atoms with Crippen LogP contribution in [0.2, 0.25) is 0 Å². The molecule has 0 radical (unpaired) electrons. The van der Waals surface area contributed by atoms with E-state index in [1.807, 2.05) is 0 Å². The third kappa shape index (κ3) is 11.8. The Bertz CT molecular complexity index is 166. The minimum Gasteiger partial charge on any atom is -0.378 e. The molecule has 0 aliphatic heterocycles. The van der Waals surface area contributed by atoms with Gasteiger partial charge >= 0.3 is 0 Å². The van der Waals surface area contributed by atoms with E-state index in [-0.39, 0.29) is 0 Å². The molecule has 0 rings (SSSR count). The molecule has 0 aromatic carbocycles. The molecule has 3 N–H and O–H groups in total. The van der Waals surface area contributed by atoms with Crippen molar-refractivity contribution in [3.8, 4) is 0 Å². The summed E-state index contributed by atoms with van der Waals surface area (Å²) < 4.78 is 32.3. The first-order valence-electron chi connectivity index (χ1n) is 4.01. The van der Waals surface area contributed by atoms with Gasteiger partial charge in [0.15, 0.2) is 0 Å². The lowest BCUT2D eigenvalue weighted by molar-refractivity contribution is 0.0531. The van der Waals surface area contributed by atoms with Gasteiger partial charge in [0.2, 0.25) is 10.9 Å². The summed E-state index contributed by atoms with van der Waals surface area (Å²) >= 11 is 0. The van der Waals surface area contributed by atoms with Gasteiger partial charge in [0, 0.05) is 13.1 Å². The van der Waals surface area contributed by atoms with E-state index in [1.54, 1.807) is 0 Å². The highest BCUT2D eigenvalue weighted by atomic mass is 32.2. The van der Waals surface area contributed by atoms with Crippen molar-refractivity contribution >= 4 is 10.9 Å². The second-order valence-corrected chi connectivity index (χ2v) is 3.01. The van der Waals surface area contributed by atoms with Crippen LogP contribution >= 0.6 is 0 Å². The maximum absolute atomic E-state index is 10.0. The number of hydrogen-bond acceptors (Lipinski definition) is 5. The third-order valence-electron chi connectivity index (χ3n) is 1.12. The highest BCUT2D eigenvalue weighted by molar-refractivity contribution is 7.70. The van der Waals surface area contributed by atoms with Gasteiger partial charge in [-0.3, -0.25) is 0 Å². The maximum atomic E-state index is 10.0. The summed E-state index contributed by atoms with van der Waals surface area (Å²) in [4.78, 5) is 0. The number of hydrogen-bond donors (Lipinski definition) is 3. The van der Waals surface area contributed by atoms with E-state index in [0.29, 0.717) is 39.5 Å². The monoisotopic (exact) mass is 212 g/mol. The first-order chi connectivity index (χ1) is 6.27. The van der Waals surface area contributed by atoms with Crippen molar-refractivity contribution < 1.29 is 17.9 Å². The second-order valence-electron chi connectivity index (χ2n) is 2.18. The summed E-state index contributed by atoms with van der Waals surface area (Å²) in [5.41, 5.74) is 5.18. The van der Waals surface area contributed by atoms with Crippen molar-refractivity contribution in [1.82, 2.24) is 4.72 Å². The molecule has 0 aliphatic carbocycles. The zero-order valence-corrected chi connectivity index (χ0v) is 8.29. The maximum Gasteiger partial charge on any atom is 0.201 e. The molecule has 0 unspecified atom stereocenters. The van der Waals surface area contributed by atoms with Crippen molar-refractivity contribution in [2.24, 2.45) is 5.73 Å². The normalized spacial score (nSPS) is 10.9. The molecular weight excluding hydrogens is 196 g/mol. The summed E-state index contributed by atoms with van der Waals surface area (Å²) in [7, 11) is -2.51. The predicted molar refractivity (Wildman–Crippen MR) is 49.0 cm³/mol. The fraction of sp³-hybridized carbons (Fsp3) is 1.00. The first kappa shape index (κ1) is 12.8. The zero-order valence-electron chi connectivity index (χ0n) is 7.40. The molecule has 0 heterocycles. The van der Waals surface area contributed by atoms with Gasteiger partial charge in [0.1, 0.15) is 0 Å². The van der Waals surface area contributed by atoms with Crippen LogP contribution in [0.5, 0.6) is 0 Å². The highest BCUT2D eigenvalue weighted by Gasteiger charge is 1.89. The Morgan fingerprint density at radius 3 is 2.23 bits per heavy atom. The van der Waals surface area contributed by atoms with Crippen LogP contribution < -0.4 is 10.5 Å². The SMILES string of the molecule is NCCOCCOCCN[SH](=O)=O. The number of ether oxygens (including phenoxy) is 2. The van der Waals surface area contributed by atoms with Crippen molar-refractivity contribution in [1.29, 1.82) is 0 Å². The van der Waals surface area contributed by atoms with Crippen LogP contribution in [0.15, 0.2) is 0 Å². The minimum atomic E-state index is -2.51. The highest BCUT2D eigenvalue weighted by Crippen LogP contribution is 1.76. The van der Waals surface area contributed by atoms with Gasteiger partial charge in [0.05, 0.1) is 26.4 Å². The number of nitrogens with one attached hydrogen (secondary N) is 1. The molecule has 0 aliphatic rings. The molecule has 80 valence electrons. The van der Waals surface area contributed by atoms with E-state index in [9.17, 15) is 8.42 Å². The molecule has 6 nitrogen and oxygen atoms in total. The van der Waals surface area contributed by atoms with E-state index < -0.39 is 10.9 Å². The van der Waals surface area contributed by atoms with Gasteiger partial charge in [-0.1, -0.05) is 0 Å². The van der Waals surface area contributed by atoms with Crippen LogP contribution in [-0.2, 0) is 20.4 Å². The van der Waals surface area contributed by atoms with E-state index in [2.05, 4.69) is 4.72 Å². The Balaban J connectivity index is 2.91. The average Bonchev–Trinajstić information content (AvgIpc) is 2.09. The smallest absolute Gasteiger partial charge is 0.201 e. The van der Waals surface area contributed by atoms with Crippen molar-refractivity contribution in [2.75, 3.05) is 39.5 Å². The molecule has 0 amide bonds. The van der Waals surface area contributed by atoms with Crippen LogP contribution in [0.3, 0.4) is 0 Å². The third-order valence-corrected chi connectivity index (χ3v) is 1.60. The van der Waals surface area contributed by atoms with E-state index in [4.69, 9.17) is 15.2 Å². The molecule has 0 atom stereocenters. The van der Waals surface area contributed by atoms with Crippen molar-refractivity contribution in [3.63, 3.8) is 0 Å². The molecule has 7 heteroatoms. The van der Waals surface area contributed by atoms with E-state index in [1.165, 1.54) is 0 Å². The van der Waals surface area contributed by atoms with Gasteiger partial charge in [-0.15, -0.1) is 0 Å². The summed E-state index contributed by atoms with van der Waals surface area (Å²) in [6.07, 6.45) is 0. The van der Waals surface area contributed by atoms with E-state index >= 15 is 0 Å². The molecule has 0 spiro atoms. The van der Waals surface area contributed by atoms with Gasteiger partial charge in [-0.05, 0) is 0 Å². The van der Waals surface area contributed by atoms with Crippen LogP contribution in [0.25, 0.3) is 0 Å². The summed E-state index contributed by atoms with van der Waals surface area (Å²) in [5, 5.41) is 0. The molecule has 0 saturated heterocycles. The summed E-state index contributed by atoms with van der Waals surface area (Å²) in [6.45, 7) is 2.62. The van der Waals surface area contributed by atoms with Crippen LogP contribution in [0, 0.1) is 0 Å². The quantitative estimate of drug-likeness (QED) is 0.306. The Hall–Kier alpha value is -0.210. The Morgan fingerprint density at radius 1 is 1.08 bits per heavy atom. The fourth-order valence-corrected chi connectivity index (χ4v) is 0.888. The summed E-state index contributed by atoms with van der Waals surface area (Å²) in [5.74, 6) is 0. The van der Waals surface area contributed by atoms with E-state index in [0.717, 1.165) is 0 Å².